The van der Waals surface area contributed by atoms with Crippen molar-refractivity contribution in [2.24, 2.45) is 5.92 Å². The number of methoxy groups -OCH3 is 1. The van der Waals surface area contributed by atoms with Crippen LogP contribution in [-0.2, 0) is 16.1 Å². The Hall–Kier alpha value is -2.04. The van der Waals surface area contributed by atoms with Crippen molar-refractivity contribution in [2.45, 2.75) is 45.2 Å². The molecule has 130 valence electrons. The summed E-state index contributed by atoms with van der Waals surface area (Å²) < 4.78 is 5.16. The van der Waals surface area contributed by atoms with Gasteiger partial charge < -0.3 is 14.5 Å². The van der Waals surface area contributed by atoms with Crippen LogP contribution in [0.1, 0.15) is 38.2 Å². The fraction of sp³-hybridized carbons (Fsp3) is 0.579. The number of piperidine rings is 1. The minimum absolute atomic E-state index is 0.0776. The Bertz CT molecular complexity index is 599. The highest BCUT2D eigenvalue weighted by atomic mass is 16.5. The minimum atomic E-state index is -0.184. The minimum Gasteiger partial charge on any atom is -0.497 e. The molecule has 0 spiro atoms. The molecule has 2 aliphatic heterocycles. The molecular formula is C19H26N2O3. The highest BCUT2D eigenvalue weighted by Gasteiger charge is 2.38. The van der Waals surface area contributed by atoms with Gasteiger partial charge in [-0.05, 0) is 43.9 Å². The lowest BCUT2D eigenvalue weighted by Gasteiger charge is -2.35. The molecule has 2 saturated heterocycles. The Labute approximate surface area is 143 Å². The highest BCUT2D eigenvalue weighted by molar-refractivity contribution is 5.89. The number of benzene rings is 1. The molecule has 0 bridgehead atoms. The highest BCUT2D eigenvalue weighted by Crippen LogP contribution is 2.26. The van der Waals surface area contributed by atoms with Crippen molar-refractivity contribution >= 4 is 11.8 Å². The molecule has 24 heavy (non-hydrogen) atoms. The van der Waals surface area contributed by atoms with Gasteiger partial charge in [0.05, 0.1) is 13.0 Å². The van der Waals surface area contributed by atoms with E-state index in [9.17, 15) is 9.59 Å². The number of hydrogen-bond acceptors (Lipinski definition) is 3. The van der Waals surface area contributed by atoms with Gasteiger partial charge in [0.1, 0.15) is 5.75 Å². The Kier molecular flexibility index (Phi) is 5.07. The van der Waals surface area contributed by atoms with Crippen LogP contribution in [0.3, 0.4) is 0 Å². The quantitative estimate of drug-likeness (QED) is 0.852. The number of carbonyl (C=O) groups excluding carboxylic acids is 2. The van der Waals surface area contributed by atoms with E-state index in [0.29, 0.717) is 25.6 Å². The van der Waals surface area contributed by atoms with Gasteiger partial charge in [-0.15, -0.1) is 0 Å². The molecule has 2 atom stereocenters. The number of nitrogens with zero attached hydrogens (tertiary/aromatic N) is 2. The summed E-state index contributed by atoms with van der Waals surface area (Å²) in [6.07, 6.45) is 3.69. The van der Waals surface area contributed by atoms with Crippen molar-refractivity contribution in [3.63, 3.8) is 0 Å². The smallest absolute Gasteiger partial charge is 0.228 e. The van der Waals surface area contributed by atoms with Crippen molar-refractivity contribution in [3.05, 3.63) is 29.8 Å². The fourth-order valence-corrected chi connectivity index (χ4v) is 3.70. The fourth-order valence-electron chi connectivity index (χ4n) is 3.70. The van der Waals surface area contributed by atoms with Crippen LogP contribution >= 0.6 is 0 Å². The lowest BCUT2D eigenvalue weighted by atomic mass is 9.99. The third-order valence-electron chi connectivity index (χ3n) is 5.18. The van der Waals surface area contributed by atoms with Crippen molar-refractivity contribution in [2.75, 3.05) is 20.2 Å². The molecule has 0 saturated carbocycles. The van der Waals surface area contributed by atoms with Gasteiger partial charge >= 0.3 is 0 Å². The zero-order valence-electron chi connectivity index (χ0n) is 14.5. The van der Waals surface area contributed by atoms with Gasteiger partial charge in [0.15, 0.2) is 0 Å². The van der Waals surface area contributed by atoms with Crippen LogP contribution in [0.25, 0.3) is 0 Å². The Morgan fingerprint density at radius 1 is 1.25 bits per heavy atom. The average molecular weight is 330 g/mol. The molecule has 1 aromatic carbocycles. The third-order valence-corrected chi connectivity index (χ3v) is 5.18. The number of carbonyl (C=O) groups is 2. The van der Waals surface area contributed by atoms with Gasteiger partial charge in [-0.25, -0.2) is 0 Å². The second-order valence-corrected chi connectivity index (χ2v) is 6.90. The van der Waals surface area contributed by atoms with Crippen LogP contribution in [-0.4, -0.2) is 47.9 Å². The first-order chi connectivity index (χ1) is 11.6. The molecule has 1 aromatic rings. The zero-order chi connectivity index (χ0) is 17.1. The van der Waals surface area contributed by atoms with E-state index >= 15 is 0 Å². The summed E-state index contributed by atoms with van der Waals surface area (Å²) in [5.41, 5.74) is 1.06. The van der Waals surface area contributed by atoms with Crippen LogP contribution in [0, 0.1) is 5.92 Å². The molecule has 3 rings (SSSR count). The molecule has 0 aromatic heterocycles. The number of amides is 2. The lowest BCUT2D eigenvalue weighted by molar-refractivity contribution is -0.139. The van der Waals surface area contributed by atoms with E-state index in [0.717, 1.165) is 30.7 Å². The number of likely N-dealkylation sites (tertiary alicyclic amines) is 2. The van der Waals surface area contributed by atoms with Crippen molar-refractivity contribution in [1.29, 1.82) is 0 Å². The molecule has 5 nitrogen and oxygen atoms in total. The monoisotopic (exact) mass is 330 g/mol. The normalized spacial score (nSPS) is 24.3. The first-order valence-electron chi connectivity index (χ1n) is 8.79. The van der Waals surface area contributed by atoms with Crippen LogP contribution in [0.5, 0.6) is 5.75 Å². The van der Waals surface area contributed by atoms with Gasteiger partial charge in [0.25, 0.3) is 0 Å². The van der Waals surface area contributed by atoms with Gasteiger partial charge in [-0.2, -0.15) is 0 Å². The van der Waals surface area contributed by atoms with E-state index < -0.39 is 0 Å². The van der Waals surface area contributed by atoms with Gasteiger partial charge in [0, 0.05) is 32.1 Å². The SMILES string of the molecule is COc1ccc(CN2CC(C(=O)N3CCCCC3C)CC2=O)cc1. The molecule has 0 N–H and O–H groups in total. The summed E-state index contributed by atoms with van der Waals surface area (Å²) in [5, 5.41) is 0. The first-order valence-corrected chi connectivity index (χ1v) is 8.79. The van der Waals surface area contributed by atoms with E-state index in [-0.39, 0.29) is 17.7 Å². The summed E-state index contributed by atoms with van der Waals surface area (Å²) in [5.74, 6) is 0.858. The molecule has 0 radical (unpaired) electrons. The molecule has 2 heterocycles. The van der Waals surface area contributed by atoms with Gasteiger partial charge in [-0.1, -0.05) is 12.1 Å². The standard InChI is InChI=1S/C19H26N2O3/c1-14-5-3-4-10-21(14)19(23)16-11-18(22)20(13-16)12-15-6-8-17(24-2)9-7-15/h6-9,14,16H,3-5,10-13H2,1-2H3. The van der Waals surface area contributed by atoms with Crippen LogP contribution < -0.4 is 4.74 Å². The van der Waals surface area contributed by atoms with E-state index in [2.05, 4.69) is 6.92 Å². The molecule has 2 amide bonds. The Morgan fingerprint density at radius 3 is 2.67 bits per heavy atom. The molecule has 0 aliphatic carbocycles. The zero-order valence-corrected chi connectivity index (χ0v) is 14.5. The predicted molar refractivity (Wildman–Crippen MR) is 91.5 cm³/mol. The van der Waals surface area contributed by atoms with E-state index in [1.54, 1.807) is 12.0 Å². The molecule has 5 heteroatoms. The van der Waals surface area contributed by atoms with Crippen molar-refractivity contribution < 1.29 is 14.3 Å². The van der Waals surface area contributed by atoms with Crippen molar-refractivity contribution in [1.82, 2.24) is 9.80 Å². The molecular weight excluding hydrogens is 304 g/mol. The van der Waals surface area contributed by atoms with E-state index in [1.807, 2.05) is 29.2 Å². The molecule has 2 fully saturated rings. The summed E-state index contributed by atoms with van der Waals surface area (Å²) in [6.45, 7) is 4.04. The number of hydrogen-bond donors (Lipinski definition) is 0. The van der Waals surface area contributed by atoms with Crippen molar-refractivity contribution in [3.8, 4) is 5.75 Å². The number of rotatable bonds is 4. The second-order valence-electron chi connectivity index (χ2n) is 6.90. The summed E-state index contributed by atoms with van der Waals surface area (Å²) >= 11 is 0. The second kappa shape index (κ2) is 7.24. The largest absolute Gasteiger partial charge is 0.497 e. The predicted octanol–water partition coefficient (Wildman–Crippen LogP) is 2.44. The Morgan fingerprint density at radius 2 is 2.00 bits per heavy atom. The van der Waals surface area contributed by atoms with Gasteiger partial charge in [0.2, 0.25) is 11.8 Å². The third kappa shape index (κ3) is 3.55. The summed E-state index contributed by atoms with van der Waals surface area (Å²) in [4.78, 5) is 28.9. The average Bonchev–Trinajstić information content (AvgIpc) is 2.96. The molecule has 2 unspecified atom stereocenters. The molecule has 2 aliphatic rings. The lowest BCUT2D eigenvalue weighted by Crippen LogP contribution is -2.45. The first kappa shape index (κ1) is 16.8. The summed E-state index contributed by atoms with van der Waals surface area (Å²) in [6, 6.07) is 8.03. The van der Waals surface area contributed by atoms with Crippen LogP contribution in [0.4, 0.5) is 0 Å². The van der Waals surface area contributed by atoms with Gasteiger partial charge in [-0.3, -0.25) is 9.59 Å². The number of ether oxygens (including phenoxy) is 1. The van der Waals surface area contributed by atoms with Crippen LogP contribution in [0.2, 0.25) is 0 Å². The summed E-state index contributed by atoms with van der Waals surface area (Å²) in [7, 11) is 1.64. The van der Waals surface area contributed by atoms with Crippen LogP contribution in [0.15, 0.2) is 24.3 Å². The maximum absolute atomic E-state index is 12.8. The van der Waals surface area contributed by atoms with E-state index in [1.165, 1.54) is 6.42 Å². The maximum atomic E-state index is 12.8. The maximum Gasteiger partial charge on any atom is 0.228 e. The van der Waals surface area contributed by atoms with E-state index in [4.69, 9.17) is 4.74 Å². The topological polar surface area (TPSA) is 49.9 Å². The Balaban J connectivity index is 1.61.